The first kappa shape index (κ1) is 13.3. The maximum atomic E-state index is 11.7. The molecule has 1 aliphatic carbocycles. The lowest BCUT2D eigenvalue weighted by molar-refractivity contribution is -0.117. The molecule has 1 aromatic carbocycles. The van der Waals surface area contributed by atoms with Crippen molar-refractivity contribution in [1.82, 2.24) is 0 Å². The zero-order valence-corrected chi connectivity index (χ0v) is 11.6. The van der Waals surface area contributed by atoms with Gasteiger partial charge in [0.2, 0.25) is 5.91 Å². The normalized spacial score (nSPS) is 14.3. The van der Waals surface area contributed by atoms with Crippen LogP contribution >= 0.6 is 11.8 Å². The summed E-state index contributed by atoms with van der Waals surface area (Å²) in [5.41, 5.74) is 1.96. The van der Waals surface area contributed by atoms with Gasteiger partial charge in [-0.15, -0.1) is 0 Å². The monoisotopic (exact) mass is 264 g/mol. The number of carbonyl (C=O) groups excluding carboxylic acids is 1. The van der Waals surface area contributed by atoms with Gasteiger partial charge < -0.3 is 10.6 Å². The standard InChI is InChI=1S/C14H20N2OS/c1-18-9-3-8-15-12-4-2-5-13(10-12)16-14(17)11-6-7-11/h2,4-5,10-11,15H,3,6-9H2,1H3,(H,16,17). The van der Waals surface area contributed by atoms with Crippen molar-refractivity contribution in [2.75, 3.05) is 29.2 Å². The van der Waals surface area contributed by atoms with Gasteiger partial charge in [-0.1, -0.05) is 6.07 Å². The molecule has 0 heterocycles. The molecule has 4 heteroatoms. The molecular weight excluding hydrogens is 244 g/mol. The van der Waals surface area contributed by atoms with E-state index in [1.807, 2.05) is 36.0 Å². The average molecular weight is 264 g/mol. The Hall–Kier alpha value is -1.16. The second-order valence-electron chi connectivity index (χ2n) is 4.62. The van der Waals surface area contributed by atoms with Crippen LogP contribution in [-0.4, -0.2) is 24.5 Å². The lowest BCUT2D eigenvalue weighted by atomic mass is 10.2. The number of hydrogen-bond donors (Lipinski definition) is 2. The molecule has 0 bridgehead atoms. The smallest absolute Gasteiger partial charge is 0.227 e. The van der Waals surface area contributed by atoms with Gasteiger partial charge in [-0.25, -0.2) is 0 Å². The van der Waals surface area contributed by atoms with Gasteiger partial charge in [0.05, 0.1) is 0 Å². The molecule has 0 aromatic heterocycles. The summed E-state index contributed by atoms with van der Waals surface area (Å²) in [6.07, 6.45) is 5.35. The third-order valence-corrected chi connectivity index (χ3v) is 3.63. The minimum absolute atomic E-state index is 0.162. The van der Waals surface area contributed by atoms with E-state index in [4.69, 9.17) is 0 Å². The van der Waals surface area contributed by atoms with Gasteiger partial charge in [-0.05, 0) is 49.5 Å². The predicted octanol–water partition coefficient (Wildman–Crippen LogP) is 3.20. The summed E-state index contributed by atoms with van der Waals surface area (Å²) in [6, 6.07) is 7.94. The fourth-order valence-electron chi connectivity index (χ4n) is 1.75. The Morgan fingerprint density at radius 1 is 1.39 bits per heavy atom. The molecule has 1 amide bonds. The van der Waals surface area contributed by atoms with Crippen LogP contribution in [0.15, 0.2) is 24.3 Å². The minimum Gasteiger partial charge on any atom is -0.385 e. The highest BCUT2D eigenvalue weighted by atomic mass is 32.2. The molecule has 0 atom stereocenters. The summed E-state index contributed by atoms with van der Waals surface area (Å²) in [6.45, 7) is 0.973. The first-order chi connectivity index (χ1) is 8.79. The number of nitrogens with one attached hydrogen (secondary N) is 2. The highest BCUT2D eigenvalue weighted by Gasteiger charge is 2.29. The van der Waals surface area contributed by atoms with E-state index in [1.165, 1.54) is 5.75 Å². The summed E-state index contributed by atoms with van der Waals surface area (Å²) in [7, 11) is 0. The maximum Gasteiger partial charge on any atom is 0.227 e. The highest BCUT2D eigenvalue weighted by molar-refractivity contribution is 7.98. The van der Waals surface area contributed by atoms with Crippen molar-refractivity contribution >= 4 is 29.0 Å². The van der Waals surface area contributed by atoms with Crippen molar-refractivity contribution in [2.45, 2.75) is 19.3 Å². The van der Waals surface area contributed by atoms with E-state index in [9.17, 15) is 4.79 Å². The quantitative estimate of drug-likeness (QED) is 0.743. The Morgan fingerprint density at radius 2 is 2.17 bits per heavy atom. The topological polar surface area (TPSA) is 41.1 Å². The van der Waals surface area contributed by atoms with E-state index < -0.39 is 0 Å². The van der Waals surface area contributed by atoms with Crippen molar-refractivity contribution < 1.29 is 4.79 Å². The van der Waals surface area contributed by atoms with Crippen molar-refractivity contribution in [2.24, 2.45) is 5.92 Å². The molecular formula is C14H20N2OS. The second kappa shape index (κ2) is 6.69. The number of benzene rings is 1. The number of hydrogen-bond acceptors (Lipinski definition) is 3. The van der Waals surface area contributed by atoms with Crippen LogP contribution in [0.4, 0.5) is 11.4 Å². The van der Waals surface area contributed by atoms with E-state index in [0.29, 0.717) is 0 Å². The molecule has 2 N–H and O–H groups in total. The Kier molecular flexibility index (Phi) is 4.93. The van der Waals surface area contributed by atoms with Gasteiger partial charge in [-0.2, -0.15) is 11.8 Å². The Bertz CT molecular complexity index is 405. The number of carbonyl (C=O) groups is 1. The van der Waals surface area contributed by atoms with E-state index in [2.05, 4.69) is 16.9 Å². The predicted molar refractivity (Wildman–Crippen MR) is 79.3 cm³/mol. The lowest BCUT2D eigenvalue weighted by Crippen LogP contribution is -2.13. The Morgan fingerprint density at radius 3 is 2.89 bits per heavy atom. The molecule has 0 unspecified atom stereocenters. The fourth-order valence-corrected chi connectivity index (χ4v) is 2.18. The fraction of sp³-hybridized carbons (Fsp3) is 0.500. The van der Waals surface area contributed by atoms with E-state index >= 15 is 0 Å². The largest absolute Gasteiger partial charge is 0.385 e. The van der Waals surface area contributed by atoms with Crippen LogP contribution in [0, 0.1) is 5.92 Å². The molecule has 98 valence electrons. The van der Waals surface area contributed by atoms with Crippen LogP contribution in [0.5, 0.6) is 0 Å². The summed E-state index contributed by atoms with van der Waals surface area (Å²) in [4.78, 5) is 11.7. The number of amides is 1. The van der Waals surface area contributed by atoms with E-state index in [-0.39, 0.29) is 11.8 Å². The van der Waals surface area contributed by atoms with Gasteiger partial charge in [-0.3, -0.25) is 4.79 Å². The van der Waals surface area contributed by atoms with Crippen molar-refractivity contribution in [3.05, 3.63) is 24.3 Å². The number of anilines is 2. The molecule has 1 aliphatic rings. The highest BCUT2D eigenvalue weighted by Crippen LogP contribution is 2.30. The zero-order chi connectivity index (χ0) is 12.8. The van der Waals surface area contributed by atoms with Gasteiger partial charge in [0.1, 0.15) is 0 Å². The molecule has 1 saturated carbocycles. The Balaban J connectivity index is 1.82. The van der Waals surface area contributed by atoms with Crippen LogP contribution in [0.1, 0.15) is 19.3 Å². The van der Waals surface area contributed by atoms with Crippen LogP contribution in [0.25, 0.3) is 0 Å². The third-order valence-electron chi connectivity index (χ3n) is 2.93. The first-order valence-electron chi connectivity index (χ1n) is 6.43. The molecule has 0 radical (unpaired) electrons. The van der Waals surface area contributed by atoms with Crippen molar-refractivity contribution in [3.8, 4) is 0 Å². The van der Waals surface area contributed by atoms with Gasteiger partial charge in [0, 0.05) is 23.8 Å². The van der Waals surface area contributed by atoms with Crippen molar-refractivity contribution in [1.29, 1.82) is 0 Å². The molecule has 0 saturated heterocycles. The van der Waals surface area contributed by atoms with E-state index in [0.717, 1.165) is 37.2 Å². The minimum atomic E-state index is 0.162. The summed E-state index contributed by atoms with van der Waals surface area (Å²) in [5, 5.41) is 6.34. The number of rotatable bonds is 7. The van der Waals surface area contributed by atoms with Gasteiger partial charge in [0.25, 0.3) is 0 Å². The molecule has 0 spiro atoms. The lowest BCUT2D eigenvalue weighted by Gasteiger charge is -2.09. The SMILES string of the molecule is CSCCCNc1cccc(NC(=O)C2CC2)c1. The van der Waals surface area contributed by atoms with E-state index in [1.54, 1.807) is 0 Å². The first-order valence-corrected chi connectivity index (χ1v) is 7.82. The summed E-state index contributed by atoms with van der Waals surface area (Å²) >= 11 is 1.86. The maximum absolute atomic E-state index is 11.7. The van der Waals surface area contributed by atoms with Crippen LogP contribution in [0.3, 0.4) is 0 Å². The third kappa shape index (κ3) is 4.26. The molecule has 1 fully saturated rings. The van der Waals surface area contributed by atoms with Gasteiger partial charge >= 0.3 is 0 Å². The average Bonchev–Trinajstić information content (AvgIpc) is 3.19. The van der Waals surface area contributed by atoms with Crippen LogP contribution < -0.4 is 10.6 Å². The molecule has 1 aromatic rings. The molecule has 2 rings (SSSR count). The van der Waals surface area contributed by atoms with Gasteiger partial charge in [0.15, 0.2) is 0 Å². The number of thioether (sulfide) groups is 1. The van der Waals surface area contributed by atoms with Crippen LogP contribution in [0.2, 0.25) is 0 Å². The second-order valence-corrected chi connectivity index (χ2v) is 5.60. The molecule has 0 aliphatic heterocycles. The zero-order valence-electron chi connectivity index (χ0n) is 10.7. The summed E-state index contributed by atoms with van der Waals surface area (Å²) in [5.74, 6) is 1.59. The van der Waals surface area contributed by atoms with Crippen molar-refractivity contribution in [3.63, 3.8) is 0 Å². The molecule has 3 nitrogen and oxygen atoms in total. The van der Waals surface area contributed by atoms with Crippen LogP contribution in [-0.2, 0) is 4.79 Å². The summed E-state index contributed by atoms with van der Waals surface area (Å²) < 4.78 is 0. The Labute approximate surface area is 113 Å². The molecule has 18 heavy (non-hydrogen) atoms.